The standard InChI is InChI=1S/C18H20ClNO2/c1-20(2)16-11-14-15(9-12(19)10-17(14)21-3)18(16)22-13-7-5-4-6-8-13/h4-10,16,18H,11H2,1-3H3/t16?,18-/m0/s1. The Morgan fingerprint density at radius 3 is 2.50 bits per heavy atom. The summed E-state index contributed by atoms with van der Waals surface area (Å²) in [4.78, 5) is 2.20. The molecule has 0 heterocycles. The molecule has 1 aliphatic carbocycles. The quantitative estimate of drug-likeness (QED) is 0.852. The molecule has 0 aliphatic heterocycles. The first-order valence-corrected chi connectivity index (χ1v) is 7.72. The zero-order valence-corrected chi connectivity index (χ0v) is 13.8. The second kappa shape index (κ2) is 6.19. The Morgan fingerprint density at radius 2 is 1.86 bits per heavy atom. The van der Waals surface area contributed by atoms with E-state index in [0.717, 1.165) is 23.5 Å². The largest absolute Gasteiger partial charge is 0.496 e. The normalized spacial score (nSPS) is 20.0. The van der Waals surface area contributed by atoms with Gasteiger partial charge in [-0.1, -0.05) is 29.8 Å². The van der Waals surface area contributed by atoms with Crippen LogP contribution in [0.1, 0.15) is 17.2 Å². The van der Waals surface area contributed by atoms with Crippen molar-refractivity contribution < 1.29 is 9.47 Å². The number of para-hydroxylation sites is 1. The molecule has 1 unspecified atom stereocenters. The van der Waals surface area contributed by atoms with Crippen molar-refractivity contribution >= 4 is 11.6 Å². The third kappa shape index (κ3) is 2.79. The molecule has 22 heavy (non-hydrogen) atoms. The number of likely N-dealkylation sites (N-methyl/N-ethyl adjacent to an activating group) is 1. The summed E-state index contributed by atoms with van der Waals surface area (Å²) in [5, 5.41) is 0.677. The van der Waals surface area contributed by atoms with E-state index in [-0.39, 0.29) is 12.1 Å². The molecule has 1 aliphatic rings. The highest BCUT2D eigenvalue weighted by Gasteiger charge is 2.37. The van der Waals surface area contributed by atoms with Crippen molar-refractivity contribution in [3.8, 4) is 11.5 Å². The van der Waals surface area contributed by atoms with Gasteiger partial charge in [0, 0.05) is 16.1 Å². The lowest BCUT2D eigenvalue weighted by Crippen LogP contribution is -2.34. The van der Waals surface area contributed by atoms with Crippen LogP contribution in [0, 0.1) is 0 Å². The van der Waals surface area contributed by atoms with E-state index in [1.807, 2.05) is 42.5 Å². The van der Waals surface area contributed by atoms with Gasteiger partial charge >= 0.3 is 0 Å². The summed E-state index contributed by atoms with van der Waals surface area (Å²) >= 11 is 6.25. The summed E-state index contributed by atoms with van der Waals surface area (Å²) in [6.07, 6.45) is 0.834. The maximum absolute atomic E-state index is 6.27. The summed E-state index contributed by atoms with van der Waals surface area (Å²) in [6.45, 7) is 0. The van der Waals surface area contributed by atoms with Gasteiger partial charge in [0.15, 0.2) is 0 Å². The van der Waals surface area contributed by atoms with Crippen molar-refractivity contribution in [2.24, 2.45) is 0 Å². The van der Waals surface area contributed by atoms with Crippen molar-refractivity contribution in [2.45, 2.75) is 18.6 Å². The number of hydrogen-bond acceptors (Lipinski definition) is 3. The van der Waals surface area contributed by atoms with Crippen molar-refractivity contribution in [1.29, 1.82) is 0 Å². The molecular formula is C18H20ClNO2. The predicted molar refractivity (Wildman–Crippen MR) is 89.0 cm³/mol. The van der Waals surface area contributed by atoms with Crippen LogP contribution in [0.5, 0.6) is 11.5 Å². The number of halogens is 1. The number of ether oxygens (including phenoxy) is 2. The molecule has 3 rings (SSSR count). The third-order valence-electron chi connectivity index (χ3n) is 4.17. The Balaban J connectivity index is 2.02. The van der Waals surface area contributed by atoms with Crippen LogP contribution >= 0.6 is 11.6 Å². The van der Waals surface area contributed by atoms with Crippen molar-refractivity contribution in [2.75, 3.05) is 21.2 Å². The van der Waals surface area contributed by atoms with Gasteiger partial charge in [-0.05, 0) is 44.8 Å². The van der Waals surface area contributed by atoms with Crippen LogP contribution < -0.4 is 9.47 Å². The molecule has 3 nitrogen and oxygen atoms in total. The zero-order chi connectivity index (χ0) is 15.7. The molecule has 0 amide bonds. The number of methoxy groups -OCH3 is 1. The minimum Gasteiger partial charge on any atom is -0.496 e. The highest BCUT2D eigenvalue weighted by Crippen LogP contribution is 2.43. The first-order chi connectivity index (χ1) is 10.6. The van der Waals surface area contributed by atoms with E-state index in [1.54, 1.807) is 7.11 Å². The molecule has 0 fully saturated rings. The Hall–Kier alpha value is -1.71. The average Bonchev–Trinajstić information content (AvgIpc) is 2.86. The van der Waals surface area contributed by atoms with Gasteiger partial charge in [-0.3, -0.25) is 0 Å². The minimum atomic E-state index is -0.0556. The van der Waals surface area contributed by atoms with Crippen LogP contribution in [-0.4, -0.2) is 32.1 Å². The first-order valence-electron chi connectivity index (χ1n) is 7.34. The van der Waals surface area contributed by atoms with Crippen LogP contribution in [0.3, 0.4) is 0 Å². The number of hydrogen-bond donors (Lipinski definition) is 0. The number of benzene rings is 2. The second-order valence-corrected chi connectivity index (χ2v) is 6.20. The summed E-state index contributed by atoms with van der Waals surface area (Å²) in [7, 11) is 5.83. The molecule has 0 saturated heterocycles. The van der Waals surface area contributed by atoms with Crippen LogP contribution in [-0.2, 0) is 6.42 Å². The second-order valence-electron chi connectivity index (χ2n) is 5.76. The first kappa shape index (κ1) is 15.2. The Bertz CT molecular complexity index is 658. The fourth-order valence-electron chi connectivity index (χ4n) is 3.05. The molecular weight excluding hydrogens is 298 g/mol. The van der Waals surface area contributed by atoms with Crippen LogP contribution in [0.25, 0.3) is 0 Å². The lowest BCUT2D eigenvalue weighted by Gasteiger charge is -2.27. The van der Waals surface area contributed by atoms with Gasteiger partial charge in [-0.2, -0.15) is 0 Å². The Labute approximate surface area is 136 Å². The van der Waals surface area contributed by atoms with Gasteiger partial charge in [0.05, 0.1) is 13.2 Å². The highest BCUT2D eigenvalue weighted by molar-refractivity contribution is 6.30. The lowest BCUT2D eigenvalue weighted by molar-refractivity contribution is 0.111. The van der Waals surface area contributed by atoms with E-state index in [0.29, 0.717) is 5.02 Å². The van der Waals surface area contributed by atoms with E-state index in [1.165, 1.54) is 5.56 Å². The molecule has 4 heteroatoms. The molecule has 0 saturated carbocycles. The van der Waals surface area contributed by atoms with Crippen LogP contribution in [0.4, 0.5) is 0 Å². The maximum atomic E-state index is 6.27. The van der Waals surface area contributed by atoms with Gasteiger partial charge in [0.1, 0.15) is 17.6 Å². The minimum absolute atomic E-state index is 0.0556. The van der Waals surface area contributed by atoms with Crippen molar-refractivity contribution in [3.63, 3.8) is 0 Å². The number of rotatable bonds is 4. The Kier molecular flexibility index (Phi) is 4.27. The molecule has 0 aromatic heterocycles. The molecule has 0 N–H and O–H groups in total. The molecule has 0 spiro atoms. The average molecular weight is 318 g/mol. The SMILES string of the molecule is COc1cc(Cl)cc2c1CC(N(C)C)[C@H]2Oc1ccccc1. The van der Waals surface area contributed by atoms with E-state index < -0.39 is 0 Å². The molecule has 2 aromatic carbocycles. The topological polar surface area (TPSA) is 21.7 Å². The van der Waals surface area contributed by atoms with Crippen LogP contribution in [0.2, 0.25) is 5.02 Å². The maximum Gasteiger partial charge on any atom is 0.140 e. The number of nitrogens with zero attached hydrogens (tertiary/aromatic N) is 1. The third-order valence-corrected chi connectivity index (χ3v) is 4.39. The van der Waals surface area contributed by atoms with Crippen LogP contribution in [0.15, 0.2) is 42.5 Å². The van der Waals surface area contributed by atoms with Gasteiger partial charge in [0.2, 0.25) is 0 Å². The van der Waals surface area contributed by atoms with E-state index >= 15 is 0 Å². The van der Waals surface area contributed by atoms with Gasteiger partial charge in [-0.25, -0.2) is 0 Å². The van der Waals surface area contributed by atoms with E-state index in [2.05, 4.69) is 19.0 Å². The summed E-state index contributed by atoms with van der Waals surface area (Å²) in [6, 6.07) is 14.0. The zero-order valence-electron chi connectivity index (χ0n) is 13.0. The summed E-state index contributed by atoms with van der Waals surface area (Å²) in [5.41, 5.74) is 2.30. The molecule has 2 atom stereocenters. The number of fused-ring (bicyclic) bond motifs is 1. The highest BCUT2D eigenvalue weighted by atomic mass is 35.5. The molecule has 116 valence electrons. The molecule has 0 radical (unpaired) electrons. The summed E-state index contributed by atoms with van der Waals surface area (Å²) < 4.78 is 11.8. The van der Waals surface area contributed by atoms with Gasteiger partial charge in [-0.15, -0.1) is 0 Å². The fourth-order valence-corrected chi connectivity index (χ4v) is 3.27. The van der Waals surface area contributed by atoms with Crippen molar-refractivity contribution in [3.05, 3.63) is 58.6 Å². The fraction of sp³-hybridized carbons (Fsp3) is 0.333. The van der Waals surface area contributed by atoms with E-state index in [4.69, 9.17) is 21.1 Å². The van der Waals surface area contributed by atoms with Gasteiger partial charge in [0.25, 0.3) is 0 Å². The Morgan fingerprint density at radius 1 is 1.14 bits per heavy atom. The monoisotopic (exact) mass is 317 g/mol. The van der Waals surface area contributed by atoms with Gasteiger partial charge < -0.3 is 14.4 Å². The predicted octanol–water partition coefficient (Wildman–Crippen LogP) is 3.96. The lowest BCUT2D eigenvalue weighted by atomic mass is 10.1. The van der Waals surface area contributed by atoms with Crippen molar-refractivity contribution in [1.82, 2.24) is 4.90 Å². The summed E-state index contributed by atoms with van der Waals surface area (Å²) in [5.74, 6) is 1.71. The molecule has 0 bridgehead atoms. The van der Waals surface area contributed by atoms with E-state index in [9.17, 15) is 0 Å². The molecule has 2 aromatic rings. The smallest absolute Gasteiger partial charge is 0.140 e.